The Bertz CT molecular complexity index is 1650. The van der Waals surface area contributed by atoms with Crippen LogP contribution in [0.3, 0.4) is 0 Å². The lowest BCUT2D eigenvalue weighted by atomic mass is 9.95. The molecular weight excluding hydrogens is 463 g/mol. The first kappa shape index (κ1) is 21.5. The second kappa shape index (κ2) is 7.36. The van der Waals surface area contributed by atoms with Gasteiger partial charge in [0.1, 0.15) is 5.82 Å². The number of amides is 2. The molecule has 0 atom stereocenters. The molecule has 6 nitrogen and oxygen atoms in total. The van der Waals surface area contributed by atoms with E-state index in [0.29, 0.717) is 26.6 Å². The van der Waals surface area contributed by atoms with Gasteiger partial charge in [0.25, 0.3) is 11.8 Å². The Morgan fingerprint density at radius 3 is 2.39 bits per heavy atom. The number of aryl methyl sites for hydroxylation is 1. The van der Waals surface area contributed by atoms with Gasteiger partial charge in [-0.05, 0) is 50.2 Å². The summed E-state index contributed by atoms with van der Waals surface area (Å²) >= 11 is 1.28. The van der Waals surface area contributed by atoms with E-state index < -0.39 is 26.9 Å². The van der Waals surface area contributed by atoms with E-state index in [4.69, 9.17) is 0 Å². The highest BCUT2D eigenvalue weighted by atomic mass is 32.2. The predicted octanol–water partition coefficient (Wildman–Crippen LogP) is 4.53. The molecule has 0 fully saturated rings. The molecule has 0 saturated carbocycles. The van der Waals surface area contributed by atoms with Gasteiger partial charge in [-0.2, -0.15) is 0 Å². The van der Waals surface area contributed by atoms with Crippen LogP contribution in [0, 0.1) is 5.82 Å². The molecule has 2 aromatic carbocycles. The monoisotopic (exact) mass is 484 g/mol. The number of rotatable bonds is 4. The molecule has 2 aromatic heterocycles. The number of carbonyl (C=O) groups is 2. The highest BCUT2D eigenvalue weighted by Gasteiger charge is 2.35. The van der Waals surface area contributed by atoms with E-state index in [1.807, 2.05) is 0 Å². The van der Waals surface area contributed by atoms with Gasteiger partial charge in [-0.1, -0.05) is 0 Å². The number of nitrogens with one attached hydrogen (secondary N) is 1. The quantitative estimate of drug-likeness (QED) is 0.432. The van der Waals surface area contributed by atoms with Gasteiger partial charge >= 0.3 is 0 Å². The van der Waals surface area contributed by atoms with Crippen LogP contribution in [-0.2, 0) is 26.5 Å². The second-order valence-electron chi connectivity index (χ2n) is 8.25. The van der Waals surface area contributed by atoms with E-state index >= 15 is 0 Å². The molecule has 170 valence electrons. The van der Waals surface area contributed by atoms with Gasteiger partial charge in [-0.25, -0.2) is 12.8 Å². The predicted molar refractivity (Wildman–Crippen MR) is 129 cm³/mol. The molecule has 0 bridgehead atoms. The Labute approximate surface area is 194 Å². The number of hydrogen-bond donors (Lipinski definition) is 1. The SMILES string of the molecule is CC(C)S(=O)(=O)c1ccc2c(c1)c(C1=C(c3csc4cc(F)ccc34)C(=O)NC1=O)cn2C.[HH]. The molecule has 0 unspecified atom stereocenters. The van der Waals surface area contributed by atoms with Crippen LogP contribution in [0.1, 0.15) is 26.4 Å². The minimum absolute atomic E-state index is 0. The molecule has 1 aliphatic rings. The van der Waals surface area contributed by atoms with Crippen LogP contribution in [0.5, 0.6) is 0 Å². The minimum Gasteiger partial charge on any atom is -0.350 e. The van der Waals surface area contributed by atoms with Crippen molar-refractivity contribution in [2.24, 2.45) is 7.05 Å². The molecule has 2 amide bonds. The van der Waals surface area contributed by atoms with E-state index in [0.717, 1.165) is 5.52 Å². The molecule has 3 heterocycles. The third-order valence-electron chi connectivity index (χ3n) is 5.92. The zero-order chi connectivity index (χ0) is 23.7. The van der Waals surface area contributed by atoms with Crippen LogP contribution in [0.25, 0.3) is 32.1 Å². The first-order valence-corrected chi connectivity index (χ1v) is 12.6. The lowest BCUT2D eigenvalue weighted by molar-refractivity contribution is -0.122. The van der Waals surface area contributed by atoms with E-state index in [1.165, 1.54) is 23.5 Å². The van der Waals surface area contributed by atoms with Crippen molar-refractivity contribution in [1.82, 2.24) is 9.88 Å². The molecule has 0 aliphatic carbocycles. The Morgan fingerprint density at radius 2 is 1.70 bits per heavy atom. The van der Waals surface area contributed by atoms with Crippen LogP contribution in [0.15, 0.2) is 52.9 Å². The van der Waals surface area contributed by atoms with Gasteiger partial charge < -0.3 is 4.57 Å². The summed E-state index contributed by atoms with van der Waals surface area (Å²) in [6.07, 6.45) is 1.72. The number of aromatic nitrogens is 1. The van der Waals surface area contributed by atoms with Crippen molar-refractivity contribution in [3.8, 4) is 0 Å². The zero-order valence-electron chi connectivity index (χ0n) is 18.0. The van der Waals surface area contributed by atoms with Crippen molar-refractivity contribution >= 4 is 65.1 Å². The number of hydrogen-bond acceptors (Lipinski definition) is 5. The summed E-state index contributed by atoms with van der Waals surface area (Å²) in [6.45, 7) is 3.22. The first-order chi connectivity index (χ1) is 15.6. The van der Waals surface area contributed by atoms with Gasteiger partial charge in [-0.3, -0.25) is 14.9 Å². The second-order valence-corrected chi connectivity index (χ2v) is 11.7. The van der Waals surface area contributed by atoms with Crippen molar-refractivity contribution in [3.05, 3.63) is 64.9 Å². The average Bonchev–Trinajstić information content (AvgIpc) is 3.40. The average molecular weight is 485 g/mol. The van der Waals surface area contributed by atoms with Gasteiger partial charge in [0, 0.05) is 52.2 Å². The maximum atomic E-state index is 13.7. The van der Waals surface area contributed by atoms with Crippen molar-refractivity contribution in [2.75, 3.05) is 0 Å². The third-order valence-corrected chi connectivity index (χ3v) is 9.01. The molecule has 9 heteroatoms. The lowest BCUT2D eigenvalue weighted by Gasteiger charge is -2.09. The fraction of sp³-hybridized carbons (Fsp3) is 0.167. The number of nitrogens with zero attached hydrogens (tertiary/aromatic N) is 1. The normalized spacial score (nSPS) is 14.8. The number of carbonyl (C=O) groups excluding carboxylic acids is 2. The summed E-state index contributed by atoms with van der Waals surface area (Å²) in [5, 5.41) is 4.72. The van der Waals surface area contributed by atoms with E-state index in [1.54, 1.807) is 61.3 Å². The molecule has 0 spiro atoms. The van der Waals surface area contributed by atoms with Crippen molar-refractivity contribution in [1.29, 1.82) is 0 Å². The first-order valence-electron chi connectivity index (χ1n) is 10.2. The van der Waals surface area contributed by atoms with Crippen LogP contribution in [0.2, 0.25) is 0 Å². The summed E-state index contributed by atoms with van der Waals surface area (Å²) in [5.74, 6) is -1.48. The smallest absolute Gasteiger partial charge is 0.259 e. The summed E-state index contributed by atoms with van der Waals surface area (Å²) in [5.41, 5.74) is 2.10. The summed E-state index contributed by atoms with van der Waals surface area (Å²) in [4.78, 5) is 26.0. The zero-order valence-corrected chi connectivity index (χ0v) is 19.6. The van der Waals surface area contributed by atoms with E-state index in [2.05, 4.69) is 5.32 Å². The Kier molecular flexibility index (Phi) is 4.80. The molecule has 4 aromatic rings. The van der Waals surface area contributed by atoms with Crippen LogP contribution in [-0.4, -0.2) is 30.0 Å². The largest absolute Gasteiger partial charge is 0.350 e. The van der Waals surface area contributed by atoms with Crippen molar-refractivity contribution < 1.29 is 23.8 Å². The molecule has 5 rings (SSSR count). The Hall–Kier alpha value is -3.30. The summed E-state index contributed by atoms with van der Waals surface area (Å²) in [6, 6.07) is 9.10. The number of thiophene rings is 1. The van der Waals surface area contributed by atoms with Gasteiger partial charge in [0.2, 0.25) is 0 Å². The third kappa shape index (κ3) is 3.22. The molecule has 1 N–H and O–H groups in total. The highest BCUT2D eigenvalue weighted by Crippen LogP contribution is 2.40. The van der Waals surface area contributed by atoms with Crippen LogP contribution < -0.4 is 5.32 Å². The number of sulfone groups is 1. The number of halogens is 1. The van der Waals surface area contributed by atoms with Gasteiger partial charge in [0.05, 0.1) is 21.3 Å². The van der Waals surface area contributed by atoms with E-state index in [9.17, 15) is 22.4 Å². The molecule has 1 aliphatic heterocycles. The molecule has 0 radical (unpaired) electrons. The number of imide groups is 1. The molecule has 33 heavy (non-hydrogen) atoms. The Balaban J connectivity index is 0.00000274. The lowest BCUT2D eigenvalue weighted by Crippen LogP contribution is -2.22. The standard InChI is InChI=1S/C24H19FN2O4S2.H2/c1-12(2)33(30,31)14-5-7-19-16(9-14)17(10-27(19)3)21-22(24(29)26-23(21)28)18-11-32-20-8-13(25)4-6-15(18)20;/h4-12H,1-3H3,(H,26,28,29);1H. The molecule has 0 saturated heterocycles. The maximum Gasteiger partial charge on any atom is 0.259 e. The summed E-state index contributed by atoms with van der Waals surface area (Å²) in [7, 11) is -1.75. The Morgan fingerprint density at radius 1 is 1.00 bits per heavy atom. The fourth-order valence-electron chi connectivity index (χ4n) is 4.18. The summed E-state index contributed by atoms with van der Waals surface area (Å²) < 4.78 is 41.7. The minimum atomic E-state index is -3.54. The van der Waals surface area contributed by atoms with Gasteiger partial charge in [0.15, 0.2) is 9.84 Å². The fourth-order valence-corrected chi connectivity index (χ4v) is 6.24. The van der Waals surface area contributed by atoms with E-state index in [-0.39, 0.29) is 23.3 Å². The van der Waals surface area contributed by atoms with Crippen LogP contribution >= 0.6 is 11.3 Å². The van der Waals surface area contributed by atoms with Crippen LogP contribution in [0.4, 0.5) is 4.39 Å². The van der Waals surface area contributed by atoms with Crippen molar-refractivity contribution in [3.63, 3.8) is 0 Å². The number of fused-ring (bicyclic) bond motifs is 2. The molecular formula is C24H21FN2O4S2. The highest BCUT2D eigenvalue weighted by molar-refractivity contribution is 7.92. The number of benzene rings is 2. The van der Waals surface area contributed by atoms with Crippen molar-refractivity contribution in [2.45, 2.75) is 24.0 Å². The van der Waals surface area contributed by atoms with Gasteiger partial charge in [-0.15, -0.1) is 11.3 Å². The topological polar surface area (TPSA) is 85.2 Å². The maximum absolute atomic E-state index is 13.7.